The van der Waals surface area contributed by atoms with Crippen molar-refractivity contribution in [2.75, 3.05) is 0 Å². The maximum absolute atomic E-state index is 10.9. The molecular weight excluding hydrogens is 274 g/mol. The molecule has 1 aromatic rings. The fourth-order valence-electron chi connectivity index (χ4n) is 1.55. The fourth-order valence-corrected chi connectivity index (χ4v) is 1.55. The van der Waals surface area contributed by atoms with Crippen molar-refractivity contribution < 1.29 is 39.6 Å². The lowest BCUT2D eigenvalue weighted by molar-refractivity contribution is -0.151. The predicted molar refractivity (Wildman–Crippen MR) is 60.3 cm³/mol. The molecule has 9 heteroatoms. The highest BCUT2D eigenvalue weighted by molar-refractivity contribution is 6.00. The summed E-state index contributed by atoms with van der Waals surface area (Å²) in [7, 11) is 0. The van der Waals surface area contributed by atoms with Crippen molar-refractivity contribution in [2.45, 2.75) is 11.8 Å². The highest BCUT2D eigenvalue weighted by Gasteiger charge is 2.32. The van der Waals surface area contributed by atoms with E-state index >= 15 is 0 Å². The summed E-state index contributed by atoms with van der Waals surface area (Å²) in [5, 5.41) is 35.2. The standard InChI is InChI=1S/C11H9NO8/c13-8(14)6(9(15)16)4-1-2-12-5(3-4)7(10(17)18)11(19)20/h1-3,6-7H,(H,13,14)(H,15,16)(H,17,18)(H,19,20). The Kier molecular flexibility index (Phi) is 4.36. The molecule has 0 saturated carbocycles. The number of aliphatic carboxylic acids is 4. The number of carboxylic acids is 4. The second-order valence-corrected chi connectivity index (χ2v) is 3.73. The van der Waals surface area contributed by atoms with Gasteiger partial charge in [-0.1, -0.05) is 0 Å². The van der Waals surface area contributed by atoms with Crippen LogP contribution in [0.5, 0.6) is 0 Å². The average Bonchev–Trinajstić information content (AvgIpc) is 2.27. The molecule has 20 heavy (non-hydrogen) atoms. The summed E-state index contributed by atoms with van der Waals surface area (Å²) in [5.41, 5.74) is -0.711. The third-order valence-electron chi connectivity index (χ3n) is 2.42. The highest BCUT2D eigenvalue weighted by atomic mass is 16.4. The van der Waals surface area contributed by atoms with Crippen molar-refractivity contribution in [3.05, 3.63) is 29.6 Å². The molecule has 1 aromatic heterocycles. The predicted octanol–water partition coefficient (Wildman–Crippen LogP) is -0.413. The van der Waals surface area contributed by atoms with E-state index in [0.29, 0.717) is 0 Å². The molecule has 0 aliphatic rings. The molecule has 1 rings (SSSR count). The monoisotopic (exact) mass is 283 g/mol. The Balaban J connectivity index is 3.31. The summed E-state index contributed by atoms with van der Waals surface area (Å²) < 4.78 is 0. The molecule has 1 heterocycles. The minimum atomic E-state index is -2.00. The summed E-state index contributed by atoms with van der Waals surface area (Å²) >= 11 is 0. The SMILES string of the molecule is O=C(O)C(C(=O)O)c1ccnc(C(C(=O)O)C(=O)O)c1. The Morgan fingerprint density at radius 2 is 1.30 bits per heavy atom. The average molecular weight is 283 g/mol. The van der Waals surface area contributed by atoms with Crippen LogP contribution in [0.3, 0.4) is 0 Å². The minimum absolute atomic E-state index is 0.262. The largest absolute Gasteiger partial charge is 0.480 e. The van der Waals surface area contributed by atoms with Gasteiger partial charge in [-0.2, -0.15) is 0 Å². The van der Waals surface area contributed by atoms with Gasteiger partial charge in [-0.15, -0.1) is 0 Å². The van der Waals surface area contributed by atoms with Crippen LogP contribution in [-0.2, 0) is 19.2 Å². The van der Waals surface area contributed by atoms with E-state index in [1.165, 1.54) is 0 Å². The molecule has 0 fully saturated rings. The molecule has 9 nitrogen and oxygen atoms in total. The zero-order valence-corrected chi connectivity index (χ0v) is 9.76. The maximum Gasteiger partial charge on any atom is 0.324 e. The van der Waals surface area contributed by atoms with Crippen molar-refractivity contribution in [1.29, 1.82) is 0 Å². The second kappa shape index (κ2) is 5.78. The number of nitrogens with zero attached hydrogens (tertiary/aromatic N) is 1. The molecule has 0 aromatic carbocycles. The Labute approximate surface area is 111 Å². The summed E-state index contributed by atoms with van der Waals surface area (Å²) in [6.45, 7) is 0. The van der Waals surface area contributed by atoms with Crippen molar-refractivity contribution >= 4 is 23.9 Å². The first-order chi connectivity index (χ1) is 9.25. The van der Waals surface area contributed by atoms with Gasteiger partial charge in [0.2, 0.25) is 0 Å². The Morgan fingerprint density at radius 3 is 1.70 bits per heavy atom. The van der Waals surface area contributed by atoms with Crippen LogP contribution in [0.4, 0.5) is 0 Å². The molecule has 0 bridgehead atoms. The van der Waals surface area contributed by atoms with Gasteiger partial charge in [0, 0.05) is 6.20 Å². The first-order valence-electron chi connectivity index (χ1n) is 5.12. The van der Waals surface area contributed by atoms with E-state index in [4.69, 9.17) is 20.4 Å². The Hall–Kier alpha value is -2.97. The fraction of sp³-hybridized carbons (Fsp3) is 0.182. The molecule has 0 amide bonds. The minimum Gasteiger partial charge on any atom is -0.480 e. The van der Waals surface area contributed by atoms with Crippen molar-refractivity contribution in [3.8, 4) is 0 Å². The summed E-state index contributed by atoms with van der Waals surface area (Å²) in [6, 6.07) is 1.91. The third-order valence-corrected chi connectivity index (χ3v) is 2.42. The lowest BCUT2D eigenvalue weighted by Crippen LogP contribution is -2.24. The van der Waals surface area contributed by atoms with Crippen LogP contribution in [0.25, 0.3) is 0 Å². The van der Waals surface area contributed by atoms with E-state index in [1.54, 1.807) is 0 Å². The highest BCUT2D eigenvalue weighted by Crippen LogP contribution is 2.21. The van der Waals surface area contributed by atoms with Gasteiger partial charge in [0.15, 0.2) is 11.8 Å². The van der Waals surface area contributed by atoms with Gasteiger partial charge >= 0.3 is 23.9 Å². The molecule has 0 radical (unpaired) electrons. The van der Waals surface area contributed by atoms with Crippen LogP contribution in [0.2, 0.25) is 0 Å². The Morgan fingerprint density at radius 1 is 0.850 bits per heavy atom. The van der Waals surface area contributed by atoms with Crippen LogP contribution in [-0.4, -0.2) is 49.3 Å². The number of hydrogen-bond donors (Lipinski definition) is 4. The molecule has 0 unspecified atom stereocenters. The van der Waals surface area contributed by atoms with Crippen molar-refractivity contribution in [1.82, 2.24) is 4.98 Å². The zero-order valence-electron chi connectivity index (χ0n) is 9.76. The Bertz CT molecular complexity index is 506. The van der Waals surface area contributed by atoms with Crippen LogP contribution in [0.15, 0.2) is 18.3 Å². The van der Waals surface area contributed by atoms with Crippen LogP contribution in [0, 0.1) is 0 Å². The van der Waals surface area contributed by atoms with Gasteiger partial charge in [0.1, 0.15) is 0 Å². The normalized spacial score (nSPS) is 10.5. The topological polar surface area (TPSA) is 162 Å². The summed E-state index contributed by atoms with van der Waals surface area (Å²) in [5.74, 6) is -10.6. The first-order valence-corrected chi connectivity index (χ1v) is 5.12. The summed E-state index contributed by atoms with van der Waals surface area (Å²) in [6.07, 6.45) is 0.961. The number of carbonyl (C=O) groups is 4. The number of aromatic nitrogens is 1. The van der Waals surface area contributed by atoms with Gasteiger partial charge in [0.25, 0.3) is 0 Å². The maximum atomic E-state index is 10.9. The second-order valence-electron chi connectivity index (χ2n) is 3.73. The lowest BCUT2D eigenvalue weighted by Gasteiger charge is -2.11. The van der Waals surface area contributed by atoms with E-state index in [-0.39, 0.29) is 5.56 Å². The number of carboxylic acid groups (broad SMARTS) is 4. The zero-order chi connectivity index (χ0) is 15.4. The summed E-state index contributed by atoms with van der Waals surface area (Å²) in [4.78, 5) is 46.9. The molecule has 0 saturated heterocycles. The van der Waals surface area contributed by atoms with E-state index in [0.717, 1.165) is 18.3 Å². The van der Waals surface area contributed by atoms with Crippen LogP contribution in [0.1, 0.15) is 23.1 Å². The molecular formula is C11H9NO8. The quantitative estimate of drug-likeness (QED) is 0.508. The lowest BCUT2D eigenvalue weighted by atomic mass is 9.96. The first kappa shape index (κ1) is 15.1. The van der Waals surface area contributed by atoms with E-state index in [2.05, 4.69) is 4.98 Å². The molecule has 106 valence electrons. The van der Waals surface area contributed by atoms with Gasteiger partial charge < -0.3 is 20.4 Å². The molecule has 0 atom stereocenters. The molecule has 0 aliphatic carbocycles. The number of pyridine rings is 1. The molecule has 0 aliphatic heterocycles. The third kappa shape index (κ3) is 3.07. The number of rotatable bonds is 6. The van der Waals surface area contributed by atoms with Crippen LogP contribution >= 0.6 is 0 Å². The van der Waals surface area contributed by atoms with Gasteiger partial charge in [-0.3, -0.25) is 24.2 Å². The smallest absolute Gasteiger partial charge is 0.324 e. The molecule has 4 N–H and O–H groups in total. The van der Waals surface area contributed by atoms with Gasteiger partial charge in [-0.05, 0) is 17.7 Å². The van der Waals surface area contributed by atoms with E-state index in [1.807, 2.05) is 0 Å². The van der Waals surface area contributed by atoms with Crippen molar-refractivity contribution in [2.24, 2.45) is 0 Å². The van der Waals surface area contributed by atoms with E-state index < -0.39 is 41.4 Å². The van der Waals surface area contributed by atoms with Gasteiger partial charge in [0.05, 0.1) is 5.69 Å². The van der Waals surface area contributed by atoms with Crippen LogP contribution < -0.4 is 0 Å². The van der Waals surface area contributed by atoms with Gasteiger partial charge in [-0.25, -0.2) is 0 Å². The van der Waals surface area contributed by atoms with E-state index in [9.17, 15) is 19.2 Å². The van der Waals surface area contributed by atoms with Crippen molar-refractivity contribution in [3.63, 3.8) is 0 Å². The number of hydrogen-bond acceptors (Lipinski definition) is 5. The molecule has 0 spiro atoms.